The van der Waals surface area contributed by atoms with Crippen LogP contribution in [0.2, 0.25) is 28.2 Å². The van der Waals surface area contributed by atoms with Crippen molar-refractivity contribution in [2.45, 2.75) is 63.5 Å². The van der Waals surface area contributed by atoms with Gasteiger partial charge in [-0.1, -0.05) is 80.4 Å². The van der Waals surface area contributed by atoms with Crippen LogP contribution >= 0.6 is 23.2 Å². The Kier molecular flexibility index (Phi) is 11.9. The van der Waals surface area contributed by atoms with Gasteiger partial charge in [0.05, 0.1) is 0 Å². The third-order valence-electron chi connectivity index (χ3n) is 7.89. The Balaban J connectivity index is 1.58. The van der Waals surface area contributed by atoms with Gasteiger partial charge in [0.25, 0.3) is 0 Å². The van der Waals surface area contributed by atoms with Crippen molar-refractivity contribution in [3.05, 3.63) is 99.5 Å². The molecule has 0 radical (unpaired) electrons. The number of carbonyl (C=O) groups excluding carboxylic acids is 1. The molecule has 3 rings (SSSR count). The molecule has 234 valence electrons. The third-order valence-corrected chi connectivity index (χ3v) is 12.8. The molecule has 43 heavy (non-hydrogen) atoms. The van der Waals surface area contributed by atoms with Gasteiger partial charge >= 0.3 is 6.18 Å². The molecule has 0 aromatic heterocycles. The maximum Gasteiger partial charge on any atom is 0.420 e. The number of halogens is 5. The van der Waals surface area contributed by atoms with Gasteiger partial charge in [0, 0.05) is 35.5 Å². The van der Waals surface area contributed by atoms with Crippen molar-refractivity contribution in [2.24, 2.45) is 0 Å². The van der Waals surface area contributed by atoms with Crippen LogP contribution in [0.4, 0.5) is 13.2 Å². The van der Waals surface area contributed by atoms with Crippen LogP contribution in [0.3, 0.4) is 0 Å². The number of alkyl halides is 3. The maximum atomic E-state index is 13.8. The summed E-state index contributed by atoms with van der Waals surface area (Å²) >= 11 is 12.2. The predicted octanol–water partition coefficient (Wildman–Crippen LogP) is 9.20. The number of rotatable bonds is 13. The molecular formula is C33H40Cl2F3NO3Si. The lowest BCUT2D eigenvalue weighted by Crippen LogP contribution is -2.51. The lowest BCUT2D eigenvalue weighted by molar-refractivity contribution is -0.199. The Labute approximate surface area is 264 Å². The average Bonchev–Trinajstić information content (AvgIpc) is 2.91. The van der Waals surface area contributed by atoms with E-state index in [0.717, 1.165) is 17.7 Å². The monoisotopic (exact) mass is 653 g/mol. The SMILES string of the molecule is CN(CCOc1ccc(CC(=O)C(O[Si](C)(C)C(C)(C)C)C(F)(F)F)cc1)CC(c1ccc(Cl)cc1)c1ccc(Cl)cc1. The molecule has 0 saturated heterocycles. The minimum atomic E-state index is -4.78. The van der Waals surface area contributed by atoms with Crippen LogP contribution in [-0.2, 0) is 15.6 Å². The summed E-state index contributed by atoms with van der Waals surface area (Å²) in [5.41, 5.74) is 2.73. The highest BCUT2D eigenvalue weighted by molar-refractivity contribution is 6.74. The Morgan fingerprint density at radius 3 is 1.79 bits per heavy atom. The standard InChI is InChI=1S/C33H40Cl2F3NO3Si/c1-32(2,3)43(5,6)42-31(33(36,37)38)30(40)21-23-7-17-28(18-8-23)41-20-19-39(4)22-29(24-9-13-26(34)14-10-24)25-11-15-27(35)16-12-25/h7-18,29,31H,19-22H2,1-6H3. The van der Waals surface area contributed by atoms with Crippen molar-refractivity contribution in [1.82, 2.24) is 4.90 Å². The molecule has 0 aliphatic rings. The van der Waals surface area contributed by atoms with E-state index in [1.165, 1.54) is 0 Å². The number of ether oxygens (including phenoxy) is 1. The molecule has 1 atom stereocenters. The summed E-state index contributed by atoms with van der Waals surface area (Å²) in [5.74, 6) is -0.331. The van der Waals surface area contributed by atoms with Gasteiger partial charge in [-0.15, -0.1) is 0 Å². The molecule has 0 N–H and O–H groups in total. The average molecular weight is 655 g/mol. The summed E-state index contributed by atoms with van der Waals surface area (Å²) < 4.78 is 52.8. The van der Waals surface area contributed by atoms with Crippen LogP contribution < -0.4 is 4.74 Å². The highest BCUT2D eigenvalue weighted by atomic mass is 35.5. The fourth-order valence-corrected chi connectivity index (χ4v) is 5.76. The first-order valence-electron chi connectivity index (χ1n) is 14.1. The number of Topliss-reactive ketones (excluding diaryl/α,β-unsaturated/α-hetero) is 1. The van der Waals surface area contributed by atoms with Gasteiger partial charge in [-0.2, -0.15) is 13.2 Å². The lowest BCUT2D eigenvalue weighted by Gasteiger charge is -2.39. The fourth-order valence-electron chi connectivity index (χ4n) is 4.30. The molecule has 10 heteroatoms. The second kappa shape index (κ2) is 14.6. The summed E-state index contributed by atoms with van der Waals surface area (Å²) in [7, 11) is -0.807. The lowest BCUT2D eigenvalue weighted by atomic mass is 9.91. The van der Waals surface area contributed by atoms with Gasteiger partial charge in [-0.3, -0.25) is 4.79 Å². The number of ketones is 1. The van der Waals surface area contributed by atoms with Crippen molar-refractivity contribution < 1.29 is 27.1 Å². The third kappa shape index (κ3) is 10.4. The zero-order valence-corrected chi connectivity index (χ0v) is 28.0. The van der Waals surface area contributed by atoms with E-state index in [1.54, 1.807) is 37.4 Å². The fraction of sp³-hybridized carbons (Fsp3) is 0.424. The summed E-state index contributed by atoms with van der Waals surface area (Å²) in [6.45, 7) is 10.7. The number of likely N-dealkylation sites (N-methyl/N-ethyl adjacent to an activating group) is 1. The van der Waals surface area contributed by atoms with E-state index in [0.29, 0.717) is 34.5 Å². The van der Waals surface area contributed by atoms with Gasteiger partial charge in [-0.25, -0.2) is 0 Å². The van der Waals surface area contributed by atoms with Crippen molar-refractivity contribution in [3.8, 4) is 5.75 Å². The minimum Gasteiger partial charge on any atom is -0.492 e. The van der Waals surface area contributed by atoms with Crippen LogP contribution in [-0.4, -0.2) is 58.0 Å². The van der Waals surface area contributed by atoms with Crippen molar-refractivity contribution in [3.63, 3.8) is 0 Å². The summed E-state index contributed by atoms with van der Waals surface area (Å²) in [6.07, 6.45) is -7.59. The molecule has 4 nitrogen and oxygen atoms in total. The molecule has 0 amide bonds. The minimum absolute atomic E-state index is 0.0949. The normalized spacial score (nSPS) is 13.4. The van der Waals surface area contributed by atoms with Gasteiger partial charge in [-0.05, 0) is 78.3 Å². The topological polar surface area (TPSA) is 38.8 Å². The largest absolute Gasteiger partial charge is 0.492 e. The highest BCUT2D eigenvalue weighted by Crippen LogP contribution is 2.40. The van der Waals surface area contributed by atoms with Crippen molar-refractivity contribution in [1.29, 1.82) is 0 Å². The summed E-state index contributed by atoms with van der Waals surface area (Å²) in [5, 5.41) is 0.891. The second-order valence-electron chi connectivity index (χ2n) is 12.4. The van der Waals surface area contributed by atoms with E-state index in [2.05, 4.69) is 4.90 Å². The van der Waals surface area contributed by atoms with Gasteiger partial charge in [0.15, 0.2) is 14.1 Å². The molecule has 3 aromatic rings. The zero-order chi connectivity index (χ0) is 32.0. The number of hydrogen-bond donors (Lipinski definition) is 0. The van der Waals surface area contributed by atoms with E-state index in [9.17, 15) is 18.0 Å². The molecule has 0 spiro atoms. The molecular weight excluding hydrogens is 614 g/mol. The molecule has 0 fully saturated rings. The molecule has 0 aliphatic carbocycles. The Bertz CT molecular complexity index is 1280. The first-order valence-corrected chi connectivity index (χ1v) is 17.8. The van der Waals surface area contributed by atoms with E-state index in [-0.39, 0.29) is 12.3 Å². The van der Waals surface area contributed by atoms with Gasteiger partial charge < -0.3 is 14.1 Å². The molecule has 0 saturated carbocycles. The van der Waals surface area contributed by atoms with E-state index < -0.39 is 31.4 Å². The zero-order valence-electron chi connectivity index (χ0n) is 25.5. The van der Waals surface area contributed by atoms with E-state index in [1.807, 2.05) is 76.3 Å². The molecule has 1 unspecified atom stereocenters. The predicted molar refractivity (Wildman–Crippen MR) is 171 cm³/mol. The number of benzene rings is 3. The Morgan fingerprint density at radius 2 is 1.35 bits per heavy atom. The van der Waals surface area contributed by atoms with Crippen molar-refractivity contribution >= 4 is 37.3 Å². The first kappa shape index (κ1) is 35.1. The van der Waals surface area contributed by atoms with Gasteiger partial charge in [0.1, 0.15) is 12.4 Å². The molecule has 0 aliphatic heterocycles. The van der Waals surface area contributed by atoms with Gasteiger partial charge in [0.2, 0.25) is 6.10 Å². The van der Waals surface area contributed by atoms with E-state index >= 15 is 0 Å². The summed E-state index contributed by atoms with van der Waals surface area (Å²) in [6, 6.07) is 22.2. The van der Waals surface area contributed by atoms with Crippen LogP contribution in [0.25, 0.3) is 0 Å². The molecule has 0 bridgehead atoms. The number of carbonyl (C=O) groups is 1. The van der Waals surface area contributed by atoms with Crippen LogP contribution in [0.1, 0.15) is 43.4 Å². The van der Waals surface area contributed by atoms with E-state index in [4.69, 9.17) is 32.4 Å². The second-order valence-corrected chi connectivity index (χ2v) is 18.0. The molecule has 0 heterocycles. The Hall–Kier alpha value is -2.36. The smallest absolute Gasteiger partial charge is 0.420 e. The maximum absolute atomic E-state index is 13.8. The molecule has 3 aromatic carbocycles. The summed E-state index contributed by atoms with van der Waals surface area (Å²) in [4.78, 5) is 14.9. The van der Waals surface area contributed by atoms with Crippen LogP contribution in [0.5, 0.6) is 5.75 Å². The van der Waals surface area contributed by atoms with Crippen molar-refractivity contribution in [2.75, 3.05) is 26.7 Å². The van der Waals surface area contributed by atoms with Crippen LogP contribution in [0.15, 0.2) is 72.8 Å². The van der Waals surface area contributed by atoms with Crippen LogP contribution in [0, 0.1) is 0 Å². The quantitative estimate of drug-likeness (QED) is 0.172. The number of hydrogen-bond acceptors (Lipinski definition) is 4. The number of nitrogens with zero attached hydrogens (tertiary/aromatic N) is 1. The Morgan fingerprint density at radius 1 is 0.860 bits per heavy atom. The first-order chi connectivity index (χ1) is 20.0. The highest BCUT2D eigenvalue weighted by Gasteiger charge is 2.51.